The molecule has 1 aromatic heterocycles. The van der Waals surface area contributed by atoms with E-state index < -0.39 is 16.9 Å². The van der Waals surface area contributed by atoms with Crippen LogP contribution in [-0.2, 0) is 4.79 Å². The predicted octanol–water partition coefficient (Wildman–Crippen LogP) is -0.125. The van der Waals surface area contributed by atoms with Crippen LogP contribution in [0.1, 0.15) is 13.8 Å². The summed E-state index contributed by atoms with van der Waals surface area (Å²) in [7, 11) is 0. The van der Waals surface area contributed by atoms with Gasteiger partial charge < -0.3 is 21.1 Å². The van der Waals surface area contributed by atoms with Gasteiger partial charge in [-0.25, -0.2) is 4.98 Å². The molecule has 88 valence electrons. The van der Waals surface area contributed by atoms with Gasteiger partial charge in [0, 0.05) is 6.54 Å². The van der Waals surface area contributed by atoms with Gasteiger partial charge in [0.25, 0.3) is 5.56 Å². The molecule has 16 heavy (non-hydrogen) atoms. The van der Waals surface area contributed by atoms with Gasteiger partial charge in [-0.1, -0.05) is 0 Å². The Bertz CT molecular complexity index is 452. The van der Waals surface area contributed by atoms with Gasteiger partial charge in [-0.3, -0.25) is 9.59 Å². The number of carboxylic acid groups (broad SMARTS) is 1. The number of nitrogens with one attached hydrogen (secondary N) is 2. The summed E-state index contributed by atoms with van der Waals surface area (Å²) in [5.74, 6) is -0.749. The Morgan fingerprint density at radius 1 is 1.69 bits per heavy atom. The van der Waals surface area contributed by atoms with Crippen molar-refractivity contribution in [1.29, 1.82) is 0 Å². The Labute approximate surface area is 91.7 Å². The maximum absolute atomic E-state index is 11.1. The predicted molar refractivity (Wildman–Crippen MR) is 59.2 cm³/mol. The molecule has 0 aliphatic heterocycles. The van der Waals surface area contributed by atoms with Gasteiger partial charge in [0.15, 0.2) is 5.82 Å². The van der Waals surface area contributed by atoms with Gasteiger partial charge in [0.1, 0.15) is 5.69 Å². The first kappa shape index (κ1) is 12.0. The third kappa shape index (κ3) is 2.50. The zero-order valence-corrected chi connectivity index (χ0v) is 9.07. The van der Waals surface area contributed by atoms with E-state index in [0.717, 1.165) is 0 Å². The number of aromatic amines is 1. The maximum Gasteiger partial charge on any atom is 0.310 e. The second-order valence-electron chi connectivity index (χ2n) is 4.04. The molecule has 5 N–H and O–H groups in total. The molecule has 0 spiro atoms. The number of carbonyl (C=O) groups is 1. The van der Waals surface area contributed by atoms with Gasteiger partial charge in [-0.2, -0.15) is 0 Å². The lowest BCUT2D eigenvalue weighted by atomic mass is 9.94. The highest BCUT2D eigenvalue weighted by Crippen LogP contribution is 2.17. The summed E-state index contributed by atoms with van der Waals surface area (Å²) in [6.07, 6.45) is 1.20. The van der Waals surface area contributed by atoms with E-state index in [1.54, 1.807) is 13.8 Å². The molecule has 0 fully saturated rings. The Morgan fingerprint density at radius 3 is 2.88 bits per heavy atom. The number of carboxylic acids is 1. The summed E-state index contributed by atoms with van der Waals surface area (Å²) >= 11 is 0. The van der Waals surface area contributed by atoms with E-state index in [4.69, 9.17) is 10.8 Å². The lowest BCUT2D eigenvalue weighted by molar-refractivity contribution is -0.146. The number of H-pyrrole nitrogens is 1. The SMILES string of the molecule is CC(C)(CNc1nc[nH]c(=O)c1N)C(=O)O. The van der Waals surface area contributed by atoms with Gasteiger partial charge in [-0.05, 0) is 13.8 Å². The molecular formula is C9H14N4O3. The number of nitrogens with zero attached hydrogens (tertiary/aromatic N) is 1. The Hall–Kier alpha value is -2.05. The molecule has 0 atom stereocenters. The van der Waals surface area contributed by atoms with Crippen molar-refractivity contribution < 1.29 is 9.90 Å². The molecule has 1 rings (SSSR count). The third-order valence-electron chi connectivity index (χ3n) is 2.17. The zero-order chi connectivity index (χ0) is 12.3. The molecule has 7 nitrogen and oxygen atoms in total. The van der Waals surface area contributed by atoms with E-state index in [1.165, 1.54) is 6.33 Å². The van der Waals surface area contributed by atoms with Crippen molar-refractivity contribution in [3.63, 3.8) is 0 Å². The van der Waals surface area contributed by atoms with Crippen molar-refractivity contribution in [1.82, 2.24) is 9.97 Å². The molecule has 0 radical (unpaired) electrons. The summed E-state index contributed by atoms with van der Waals surface area (Å²) in [4.78, 5) is 28.1. The number of hydrogen-bond donors (Lipinski definition) is 4. The minimum absolute atomic E-state index is 0.0521. The van der Waals surface area contributed by atoms with Crippen molar-refractivity contribution in [3.05, 3.63) is 16.7 Å². The van der Waals surface area contributed by atoms with E-state index in [2.05, 4.69) is 15.3 Å². The summed E-state index contributed by atoms with van der Waals surface area (Å²) < 4.78 is 0. The number of hydrogen-bond acceptors (Lipinski definition) is 5. The quantitative estimate of drug-likeness (QED) is 0.567. The second kappa shape index (κ2) is 4.21. The zero-order valence-electron chi connectivity index (χ0n) is 9.07. The molecule has 7 heteroatoms. The van der Waals surface area contributed by atoms with Gasteiger partial charge in [-0.15, -0.1) is 0 Å². The van der Waals surface area contributed by atoms with Crippen LogP contribution in [0.25, 0.3) is 0 Å². The number of anilines is 2. The maximum atomic E-state index is 11.1. The summed E-state index contributed by atoms with van der Waals surface area (Å²) in [5.41, 5.74) is 4.01. The number of rotatable bonds is 4. The average Bonchev–Trinajstić information content (AvgIpc) is 2.20. The molecule has 0 bridgehead atoms. The summed E-state index contributed by atoms with van der Waals surface area (Å²) in [6, 6.07) is 0. The number of aromatic nitrogens is 2. The van der Waals surface area contributed by atoms with Gasteiger partial charge >= 0.3 is 5.97 Å². The Balaban J connectivity index is 2.80. The van der Waals surface area contributed by atoms with Crippen LogP contribution in [0.5, 0.6) is 0 Å². The monoisotopic (exact) mass is 226 g/mol. The van der Waals surface area contributed by atoms with Crippen LogP contribution in [0.2, 0.25) is 0 Å². The fourth-order valence-electron chi connectivity index (χ4n) is 0.931. The fourth-order valence-corrected chi connectivity index (χ4v) is 0.931. The first-order chi connectivity index (χ1) is 7.34. The van der Waals surface area contributed by atoms with Crippen LogP contribution < -0.4 is 16.6 Å². The summed E-state index contributed by atoms with van der Waals surface area (Å²) in [5, 5.41) is 11.6. The first-order valence-corrected chi connectivity index (χ1v) is 4.65. The molecule has 0 saturated heterocycles. The summed E-state index contributed by atoms with van der Waals surface area (Å²) in [6.45, 7) is 3.25. The van der Waals surface area contributed by atoms with E-state index in [1.807, 2.05) is 0 Å². The number of aliphatic carboxylic acids is 1. The van der Waals surface area contributed by atoms with Crippen molar-refractivity contribution in [2.75, 3.05) is 17.6 Å². The van der Waals surface area contributed by atoms with E-state index in [9.17, 15) is 9.59 Å². The topological polar surface area (TPSA) is 121 Å². The highest BCUT2D eigenvalue weighted by Gasteiger charge is 2.27. The molecular weight excluding hydrogens is 212 g/mol. The molecule has 1 aromatic rings. The van der Waals surface area contributed by atoms with E-state index in [-0.39, 0.29) is 18.1 Å². The van der Waals surface area contributed by atoms with Gasteiger partial charge in [0.2, 0.25) is 0 Å². The van der Waals surface area contributed by atoms with Crippen LogP contribution in [-0.4, -0.2) is 27.6 Å². The Morgan fingerprint density at radius 2 is 2.31 bits per heavy atom. The minimum Gasteiger partial charge on any atom is -0.481 e. The van der Waals surface area contributed by atoms with Crippen LogP contribution in [0.3, 0.4) is 0 Å². The second-order valence-corrected chi connectivity index (χ2v) is 4.04. The van der Waals surface area contributed by atoms with Crippen molar-refractivity contribution >= 4 is 17.5 Å². The molecule has 1 heterocycles. The molecule has 0 aliphatic carbocycles. The average molecular weight is 226 g/mol. The Kier molecular flexibility index (Phi) is 3.17. The van der Waals surface area contributed by atoms with Crippen molar-refractivity contribution in [2.45, 2.75) is 13.8 Å². The highest BCUT2D eigenvalue weighted by molar-refractivity contribution is 5.74. The molecule has 0 saturated carbocycles. The molecule has 0 aliphatic rings. The van der Waals surface area contributed by atoms with Crippen molar-refractivity contribution in [3.8, 4) is 0 Å². The minimum atomic E-state index is -0.962. The molecule has 0 amide bonds. The van der Waals surface area contributed by atoms with E-state index >= 15 is 0 Å². The number of nitrogens with two attached hydrogens (primary N) is 1. The largest absolute Gasteiger partial charge is 0.481 e. The van der Waals surface area contributed by atoms with Crippen LogP contribution >= 0.6 is 0 Å². The van der Waals surface area contributed by atoms with Crippen LogP contribution in [0, 0.1) is 5.41 Å². The third-order valence-corrected chi connectivity index (χ3v) is 2.17. The van der Waals surface area contributed by atoms with Crippen LogP contribution in [0.4, 0.5) is 11.5 Å². The number of nitrogen functional groups attached to an aromatic ring is 1. The first-order valence-electron chi connectivity index (χ1n) is 4.65. The van der Waals surface area contributed by atoms with Crippen molar-refractivity contribution in [2.24, 2.45) is 5.41 Å². The van der Waals surface area contributed by atoms with Gasteiger partial charge in [0.05, 0.1) is 11.7 Å². The standard InChI is InChI=1S/C9H14N4O3/c1-9(2,8(15)16)3-11-6-5(10)7(14)13-4-12-6/h4H,3,10H2,1-2H3,(H,15,16)(H2,11,12,13,14). The van der Waals surface area contributed by atoms with E-state index in [0.29, 0.717) is 0 Å². The molecule has 0 aromatic carbocycles. The highest BCUT2D eigenvalue weighted by atomic mass is 16.4. The van der Waals surface area contributed by atoms with Crippen LogP contribution in [0.15, 0.2) is 11.1 Å². The lowest BCUT2D eigenvalue weighted by Crippen LogP contribution is -2.32. The normalized spacial score (nSPS) is 11.1. The molecule has 0 unspecified atom stereocenters. The lowest BCUT2D eigenvalue weighted by Gasteiger charge is -2.20. The smallest absolute Gasteiger partial charge is 0.310 e. The fraction of sp³-hybridized carbons (Fsp3) is 0.444.